The maximum atomic E-state index is 12.8. The van der Waals surface area contributed by atoms with Crippen LogP contribution in [0.1, 0.15) is 25.3 Å². The first kappa shape index (κ1) is 19.0. The van der Waals surface area contributed by atoms with E-state index in [9.17, 15) is 9.59 Å². The first-order valence-corrected chi connectivity index (χ1v) is 9.97. The van der Waals surface area contributed by atoms with Crippen molar-refractivity contribution in [2.75, 3.05) is 33.0 Å². The van der Waals surface area contributed by atoms with Crippen molar-refractivity contribution in [2.45, 2.75) is 37.2 Å². The van der Waals surface area contributed by atoms with Crippen molar-refractivity contribution in [3.8, 4) is 5.75 Å². The molecule has 26 heavy (non-hydrogen) atoms. The minimum Gasteiger partial charge on any atom is -0.497 e. The summed E-state index contributed by atoms with van der Waals surface area (Å²) in [7, 11) is 3.73. The van der Waals surface area contributed by atoms with Gasteiger partial charge in [-0.15, -0.1) is 11.8 Å². The van der Waals surface area contributed by atoms with E-state index in [1.54, 1.807) is 25.8 Å². The molecule has 2 saturated heterocycles. The largest absolute Gasteiger partial charge is 0.497 e. The van der Waals surface area contributed by atoms with E-state index in [4.69, 9.17) is 4.74 Å². The Labute approximate surface area is 159 Å². The third-order valence-corrected chi connectivity index (χ3v) is 6.92. The molecular formula is C19H27N3O3S. The molecule has 0 saturated carbocycles. The molecule has 7 heteroatoms. The van der Waals surface area contributed by atoms with Crippen LogP contribution in [0.2, 0.25) is 0 Å². The molecule has 142 valence electrons. The van der Waals surface area contributed by atoms with E-state index in [0.29, 0.717) is 12.3 Å². The van der Waals surface area contributed by atoms with Gasteiger partial charge in [-0.2, -0.15) is 0 Å². The fourth-order valence-electron chi connectivity index (χ4n) is 3.77. The van der Waals surface area contributed by atoms with Crippen molar-refractivity contribution in [1.82, 2.24) is 15.1 Å². The van der Waals surface area contributed by atoms with E-state index in [0.717, 1.165) is 37.2 Å². The van der Waals surface area contributed by atoms with Gasteiger partial charge in [-0.25, -0.2) is 0 Å². The number of methoxy groups -OCH3 is 1. The zero-order valence-electron chi connectivity index (χ0n) is 15.7. The molecule has 3 rings (SSSR count). The van der Waals surface area contributed by atoms with Gasteiger partial charge in [0.2, 0.25) is 11.8 Å². The average molecular weight is 378 g/mol. The van der Waals surface area contributed by atoms with E-state index in [-0.39, 0.29) is 22.7 Å². The fourth-order valence-corrected chi connectivity index (χ4v) is 5.40. The molecule has 1 aromatic rings. The number of carbonyl (C=O) groups is 2. The van der Waals surface area contributed by atoms with Gasteiger partial charge in [-0.3, -0.25) is 9.59 Å². The second kappa shape index (κ2) is 7.88. The maximum Gasteiger partial charge on any atom is 0.243 e. The Morgan fingerprint density at radius 3 is 2.50 bits per heavy atom. The molecule has 1 aromatic carbocycles. The molecule has 1 unspecified atom stereocenters. The second-order valence-electron chi connectivity index (χ2n) is 7.03. The minimum atomic E-state index is -0.390. The summed E-state index contributed by atoms with van der Waals surface area (Å²) in [6.45, 7) is 3.94. The van der Waals surface area contributed by atoms with Gasteiger partial charge in [0.15, 0.2) is 0 Å². The van der Waals surface area contributed by atoms with Gasteiger partial charge in [-0.05, 0) is 37.6 Å². The molecule has 1 atom stereocenters. The second-order valence-corrected chi connectivity index (χ2v) is 8.41. The number of nitrogens with one attached hydrogen (secondary N) is 1. The summed E-state index contributed by atoms with van der Waals surface area (Å²) in [6, 6.07) is 7.23. The van der Waals surface area contributed by atoms with Crippen LogP contribution in [0.4, 0.5) is 0 Å². The molecule has 6 nitrogen and oxygen atoms in total. The smallest absolute Gasteiger partial charge is 0.243 e. The summed E-state index contributed by atoms with van der Waals surface area (Å²) in [5.41, 5.74) is 1.01. The van der Waals surface area contributed by atoms with Gasteiger partial charge in [0.05, 0.1) is 12.0 Å². The van der Waals surface area contributed by atoms with Crippen LogP contribution >= 0.6 is 11.8 Å². The fraction of sp³-hybridized carbons (Fsp3) is 0.579. The van der Waals surface area contributed by atoms with Crippen LogP contribution in [-0.4, -0.2) is 65.5 Å². The standard InChI is InChI=1S/C19H27N3O3S/c1-14(23)22-17(13-26-19(22)8-10-21(2)11-9-19)18(24)20-12-15-4-6-16(25-3)7-5-15/h4-7,17H,8-13H2,1-3H3,(H,20,24). The van der Waals surface area contributed by atoms with Crippen LogP contribution in [0.25, 0.3) is 0 Å². The average Bonchev–Trinajstić information content (AvgIpc) is 3.02. The number of amides is 2. The summed E-state index contributed by atoms with van der Waals surface area (Å²) in [5, 5.41) is 3.00. The van der Waals surface area contributed by atoms with Crippen LogP contribution in [0.3, 0.4) is 0 Å². The molecule has 0 aliphatic carbocycles. The van der Waals surface area contributed by atoms with E-state index in [2.05, 4.69) is 17.3 Å². The normalized spacial score (nSPS) is 22.4. The van der Waals surface area contributed by atoms with Crippen molar-refractivity contribution in [3.05, 3.63) is 29.8 Å². The Bertz CT molecular complexity index is 656. The molecule has 2 fully saturated rings. The van der Waals surface area contributed by atoms with Crippen LogP contribution in [-0.2, 0) is 16.1 Å². The Morgan fingerprint density at radius 2 is 1.92 bits per heavy atom. The number of likely N-dealkylation sites (tertiary alicyclic amines) is 1. The lowest BCUT2D eigenvalue weighted by Gasteiger charge is -2.44. The third kappa shape index (κ3) is 3.83. The lowest BCUT2D eigenvalue weighted by molar-refractivity contribution is -0.142. The Morgan fingerprint density at radius 1 is 1.27 bits per heavy atom. The lowest BCUT2D eigenvalue weighted by Crippen LogP contribution is -2.57. The number of carbonyl (C=O) groups excluding carboxylic acids is 2. The molecule has 2 amide bonds. The lowest BCUT2D eigenvalue weighted by atomic mass is 10.0. The number of rotatable bonds is 4. The van der Waals surface area contributed by atoms with Gasteiger partial charge < -0.3 is 19.9 Å². The van der Waals surface area contributed by atoms with Crippen molar-refractivity contribution in [3.63, 3.8) is 0 Å². The van der Waals surface area contributed by atoms with Gasteiger partial charge in [0.1, 0.15) is 11.8 Å². The van der Waals surface area contributed by atoms with E-state index >= 15 is 0 Å². The highest BCUT2D eigenvalue weighted by Crippen LogP contribution is 2.46. The summed E-state index contributed by atoms with van der Waals surface area (Å²) in [6.07, 6.45) is 1.83. The van der Waals surface area contributed by atoms with Crippen LogP contribution in [0.5, 0.6) is 5.75 Å². The number of ether oxygens (including phenoxy) is 1. The molecule has 0 bridgehead atoms. The SMILES string of the molecule is COc1ccc(CNC(=O)C2CSC3(CCN(C)CC3)N2C(C)=O)cc1. The summed E-state index contributed by atoms with van der Waals surface area (Å²) >= 11 is 1.77. The molecule has 0 radical (unpaired) electrons. The van der Waals surface area contributed by atoms with Gasteiger partial charge >= 0.3 is 0 Å². The van der Waals surface area contributed by atoms with E-state index in [1.165, 1.54) is 0 Å². The maximum absolute atomic E-state index is 12.8. The number of hydrogen-bond acceptors (Lipinski definition) is 5. The Hall–Kier alpha value is -1.73. The summed E-state index contributed by atoms with van der Waals surface area (Å²) in [5.74, 6) is 1.38. The van der Waals surface area contributed by atoms with Crippen LogP contribution in [0, 0.1) is 0 Å². The van der Waals surface area contributed by atoms with E-state index in [1.807, 2.05) is 29.2 Å². The highest BCUT2D eigenvalue weighted by Gasteiger charge is 2.51. The van der Waals surface area contributed by atoms with Crippen LogP contribution in [0.15, 0.2) is 24.3 Å². The third-order valence-electron chi connectivity index (χ3n) is 5.30. The van der Waals surface area contributed by atoms with Crippen molar-refractivity contribution >= 4 is 23.6 Å². The van der Waals surface area contributed by atoms with E-state index < -0.39 is 0 Å². The van der Waals surface area contributed by atoms with Crippen molar-refractivity contribution in [1.29, 1.82) is 0 Å². The van der Waals surface area contributed by atoms with Crippen LogP contribution < -0.4 is 10.1 Å². The molecule has 2 heterocycles. The number of piperidine rings is 1. The first-order valence-electron chi connectivity index (χ1n) is 8.98. The molecule has 1 N–H and O–H groups in total. The van der Waals surface area contributed by atoms with Gasteiger partial charge in [0, 0.05) is 32.3 Å². The Kier molecular flexibility index (Phi) is 5.77. The molecule has 2 aliphatic rings. The minimum absolute atomic E-state index is 0.0100. The van der Waals surface area contributed by atoms with Gasteiger partial charge in [0.25, 0.3) is 0 Å². The Balaban J connectivity index is 1.65. The zero-order valence-corrected chi connectivity index (χ0v) is 16.5. The van der Waals surface area contributed by atoms with Gasteiger partial charge in [-0.1, -0.05) is 12.1 Å². The molecule has 2 aliphatic heterocycles. The van der Waals surface area contributed by atoms with Crippen molar-refractivity contribution in [2.24, 2.45) is 0 Å². The molecular weight excluding hydrogens is 350 g/mol. The highest BCUT2D eigenvalue weighted by molar-refractivity contribution is 8.01. The predicted octanol–water partition coefficient (Wildman–Crippen LogP) is 1.70. The monoisotopic (exact) mass is 377 g/mol. The molecule has 0 aromatic heterocycles. The quantitative estimate of drug-likeness (QED) is 0.865. The first-order chi connectivity index (χ1) is 12.4. The molecule has 1 spiro atoms. The summed E-state index contributed by atoms with van der Waals surface area (Å²) in [4.78, 5) is 29.1. The number of thioether (sulfide) groups is 1. The number of benzene rings is 1. The predicted molar refractivity (Wildman–Crippen MR) is 103 cm³/mol. The highest BCUT2D eigenvalue weighted by atomic mass is 32.2. The number of hydrogen-bond donors (Lipinski definition) is 1. The number of nitrogens with zero attached hydrogens (tertiary/aromatic N) is 2. The van der Waals surface area contributed by atoms with Crippen molar-refractivity contribution < 1.29 is 14.3 Å². The topological polar surface area (TPSA) is 61.9 Å². The zero-order chi connectivity index (χ0) is 18.7. The summed E-state index contributed by atoms with van der Waals surface area (Å²) < 4.78 is 5.15.